The van der Waals surface area contributed by atoms with Gasteiger partial charge in [-0.2, -0.15) is 13.2 Å². The molecule has 102 valence electrons. The quantitative estimate of drug-likeness (QED) is 0.805. The Morgan fingerprint density at radius 3 is 2.33 bits per heavy atom. The molecular formula is C13H17BrF3N. The Morgan fingerprint density at radius 1 is 1.22 bits per heavy atom. The van der Waals surface area contributed by atoms with E-state index in [2.05, 4.69) is 35.1 Å². The number of halogens is 4. The molecule has 1 aromatic rings. The monoisotopic (exact) mass is 323 g/mol. The van der Waals surface area contributed by atoms with Gasteiger partial charge in [0.05, 0.1) is 5.56 Å². The van der Waals surface area contributed by atoms with Crippen molar-refractivity contribution in [2.45, 2.75) is 26.9 Å². The third kappa shape index (κ3) is 4.19. The highest BCUT2D eigenvalue weighted by Gasteiger charge is 2.33. The first-order valence-electron chi connectivity index (χ1n) is 5.82. The number of nitrogens with one attached hydrogen (secondary N) is 1. The molecule has 1 nitrogen and oxygen atoms in total. The van der Waals surface area contributed by atoms with E-state index in [9.17, 15) is 13.2 Å². The molecule has 0 amide bonds. The fourth-order valence-corrected chi connectivity index (χ4v) is 1.77. The summed E-state index contributed by atoms with van der Waals surface area (Å²) in [5, 5.41) is 2.89. The van der Waals surface area contributed by atoms with Gasteiger partial charge in [-0.15, -0.1) is 0 Å². The van der Waals surface area contributed by atoms with E-state index in [4.69, 9.17) is 0 Å². The average molecular weight is 324 g/mol. The summed E-state index contributed by atoms with van der Waals surface area (Å²) >= 11 is 3.06. The Hall–Kier alpha value is -0.710. The summed E-state index contributed by atoms with van der Waals surface area (Å²) in [5.41, 5.74) is -0.494. The molecule has 18 heavy (non-hydrogen) atoms. The van der Waals surface area contributed by atoms with E-state index in [-0.39, 0.29) is 5.69 Å². The maximum Gasteiger partial charge on any atom is 0.418 e. The van der Waals surface area contributed by atoms with E-state index in [1.54, 1.807) is 6.07 Å². The molecule has 1 rings (SSSR count). The molecule has 0 heterocycles. The first-order valence-corrected chi connectivity index (χ1v) is 6.61. The van der Waals surface area contributed by atoms with Gasteiger partial charge in [0.25, 0.3) is 0 Å². The topological polar surface area (TPSA) is 12.0 Å². The molecule has 0 aliphatic heterocycles. The lowest BCUT2D eigenvalue weighted by Gasteiger charge is -2.19. The lowest BCUT2D eigenvalue weighted by molar-refractivity contribution is -0.137. The van der Waals surface area contributed by atoms with Crippen molar-refractivity contribution >= 4 is 21.6 Å². The summed E-state index contributed by atoms with van der Waals surface area (Å²) in [6.07, 6.45) is -4.34. The second-order valence-electron chi connectivity index (χ2n) is 4.79. The van der Waals surface area contributed by atoms with Crippen molar-refractivity contribution < 1.29 is 13.2 Å². The van der Waals surface area contributed by atoms with E-state index in [0.29, 0.717) is 22.9 Å². The highest BCUT2D eigenvalue weighted by atomic mass is 79.9. The Kier molecular flexibility index (Phi) is 5.08. The van der Waals surface area contributed by atoms with E-state index in [0.717, 1.165) is 6.07 Å². The van der Waals surface area contributed by atoms with Crippen LogP contribution in [0, 0.1) is 11.8 Å². The second kappa shape index (κ2) is 5.95. The van der Waals surface area contributed by atoms with Crippen LogP contribution in [0.15, 0.2) is 22.7 Å². The molecule has 0 aliphatic rings. The summed E-state index contributed by atoms with van der Waals surface area (Å²) in [6, 6.07) is 4.17. The molecule has 0 radical (unpaired) electrons. The highest BCUT2D eigenvalue weighted by Crippen LogP contribution is 2.36. The number of benzene rings is 1. The Balaban J connectivity index is 2.89. The Labute approximate surface area is 114 Å². The fraction of sp³-hybridized carbons (Fsp3) is 0.538. The van der Waals surface area contributed by atoms with Crippen molar-refractivity contribution in [1.29, 1.82) is 0 Å². The van der Waals surface area contributed by atoms with Crippen molar-refractivity contribution in [3.8, 4) is 0 Å². The summed E-state index contributed by atoms with van der Waals surface area (Å²) in [4.78, 5) is 0. The fourth-order valence-electron chi connectivity index (χ4n) is 1.41. The number of hydrogen-bond donors (Lipinski definition) is 1. The summed E-state index contributed by atoms with van der Waals surface area (Å²) in [6.45, 7) is 6.66. The van der Waals surface area contributed by atoms with Gasteiger partial charge in [0, 0.05) is 16.7 Å². The van der Waals surface area contributed by atoms with Gasteiger partial charge in [-0.25, -0.2) is 0 Å². The van der Waals surface area contributed by atoms with Crippen molar-refractivity contribution in [1.82, 2.24) is 0 Å². The largest absolute Gasteiger partial charge is 0.418 e. The van der Waals surface area contributed by atoms with Gasteiger partial charge in [0.2, 0.25) is 0 Å². The molecular weight excluding hydrogens is 307 g/mol. The lowest BCUT2D eigenvalue weighted by atomic mass is 9.98. The van der Waals surface area contributed by atoms with Gasteiger partial charge < -0.3 is 5.32 Å². The Morgan fingerprint density at radius 2 is 1.83 bits per heavy atom. The first kappa shape index (κ1) is 15.3. The zero-order chi connectivity index (χ0) is 13.9. The van der Waals surface area contributed by atoms with Gasteiger partial charge in [0.1, 0.15) is 0 Å². The van der Waals surface area contributed by atoms with Crippen LogP contribution in [0.4, 0.5) is 18.9 Å². The van der Waals surface area contributed by atoms with Gasteiger partial charge >= 0.3 is 6.18 Å². The number of anilines is 1. The standard InChI is InChI=1S/C13H17BrF3N/c1-8(2)9(3)7-18-12-5-4-10(14)6-11(12)13(15,16)17/h4-6,8-9,18H,7H2,1-3H3. The predicted molar refractivity (Wildman–Crippen MR) is 71.6 cm³/mol. The minimum Gasteiger partial charge on any atom is -0.384 e. The molecule has 0 aliphatic carbocycles. The zero-order valence-corrected chi connectivity index (χ0v) is 12.2. The van der Waals surface area contributed by atoms with Crippen LogP contribution in [0.25, 0.3) is 0 Å². The minimum absolute atomic E-state index is 0.137. The van der Waals surface area contributed by atoms with Crippen LogP contribution < -0.4 is 5.32 Å². The van der Waals surface area contributed by atoms with Crippen LogP contribution in [-0.4, -0.2) is 6.54 Å². The highest BCUT2D eigenvalue weighted by molar-refractivity contribution is 9.10. The zero-order valence-electron chi connectivity index (χ0n) is 10.6. The van der Waals surface area contributed by atoms with Crippen LogP contribution in [0.1, 0.15) is 26.3 Å². The SMILES string of the molecule is CC(C)C(C)CNc1ccc(Br)cc1C(F)(F)F. The third-order valence-electron chi connectivity index (χ3n) is 3.04. The molecule has 1 aromatic carbocycles. The van der Waals surface area contributed by atoms with Crippen LogP contribution >= 0.6 is 15.9 Å². The molecule has 0 saturated carbocycles. The van der Waals surface area contributed by atoms with Gasteiger partial charge in [-0.1, -0.05) is 36.7 Å². The van der Waals surface area contributed by atoms with Crippen LogP contribution in [-0.2, 0) is 6.18 Å². The maximum atomic E-state index is 12.9. The molecule has 5 heteroatoms. The summed E-state index contributed by atoms with van der Waals surface area (Å²) in [5.74, 6) is 0.747. The second-order valence-corrected chi connectivity index (χ2v) is 5.71. The van der Waals surface area contributed by atoms with Gasteiger partial charge in [-0.05, 0) is 30.0 Å². The predicted octanol–water partition coefficient (Wildman–Crippen LogP) is 5.17. The number of hydrogen-bond acceptors (Lipinski definition) is 1. The number of rotatable bonds is 4. The maximum absolute atomic E-state index is 12.9. The number of alkyl halides is 3. The van der Waals surface area contributed by atoms with Crippen LogP contribution in [0.5, 0.6) is 0 Å². The molecule has 0 aromatic heterocycles. The summed E-state index contributed by atoms with van der Waals surface area (Å²) in [7, 11) is 0. The molecule has 1 atom stereocenters. The van der Waals surface area contributed by atoms with E-state index >= 15 is 0 Å². The van der Waals surface area contributed by atoms with Crippen LogP contribution in [0.3, 0.4) is 0 Å². The third-order valence-corrected chi connectivity index (χ3v) is 3.53. The van der Waals surface area contributed by atoms with Crippen molar-refractivity contribution in [3.05, 3.63) is 28.2 Å². The van der Waals surface area contributed by atoms with E-state index in [1.165, 1.54) is 6.07 Å². The van der Waals surface area contributed by atoms with E-state index < -0.39 is 11.7 Å². The van der Waals surface area contributed by atoms with Gasteiger partial charge in [0.15, 0.2) is 0 Å². The normalized spacial score (nSPS) is 13.8. The summed E-state index contributed by atoms with van der Waals surface area (Å²) < 4.78 is 39.0. The van der Waals surface area contributed by atoms with Gasteiger partial charge in [-0.3, -0.25) is 0 Å². The molecule has 0 fully saturated rings. The molecule has 1 unspecified atom stereocenters. The molecule has 0 bridgehead atoms. The molecule has 0 spiro atoms. The lowest BCUT2D eigenvalue weighted by Crippen LogP contribution is -2.18. The Bertz CT molecular complexity index is 402. The average Bonchev–Trinajstić information content (AvgIpc) is 2.25. The van der Waals surface area contributed by atoms with Crippen molar-refractivity contribution in [3.63, 3.8) is 0 Å². The van der Waals surface area contributed by atoms with Crippen LogP contribution in [0.2, 0.25) is 0 Å². The molecule has 1 N–H and O–H groups in total. The smallest absolute Gasteiger partial charge is 0.384 e. The van der Waals surface area contributed by atoms with E-state index in [1.807, 2.05) is 6.92 Å². The van der Waals surface area contributed by atoms with Crippen molar-refractivity contribution in [2.75, 3.05) is 11.9 Å². The molecule has 0 saturated heterocycles. The minimum atomic E-state index is -4.34. The van der Waals surface area contributed by atoms with Crippen molar-refractivity contribution in [2.24, 2.45) is 11.8 Å². The first-order chi connectivity index (χ1) is 8.21.